The number of ether oxygens (including phenoxy) is 2. The quantitative estimate of drug-likeness (QED) is 0.439. The molecule has 0 unspecified atom stereocenters. The lowest BCUT2D eigenvalue weighted by molar-refractivity contribution is -0.122. The van der Waals surface area contributed by atoms with Crippen molar-refractivity contribution >= 4 is 43.9 Å². The molecule has 0 aliphatic carbocycles. The Morgan fingerprint density at radius 1 is 1.15 bits per heavy atom. The van der Waals surface area contributed by atoms with Crippen LogP contribution in [0.1, 0.15) is 18.4 Å². The van der Waals surface area contributed by atoms with E-state index in [-0.39, 0.29) is 24.8 Å². The van der Waals surface area contributed by atoms with Gasteiger partial charge in [-0.3, -0.25) is 9.59 Å². The minimum atomic E-state index is -0.352. The number of hydrogen-bond donors (Lipinski definition) is 1. The highest BCUT2D eigenvalue weighted by Crippen LogP contribution is 2.36. The monoisotopic (exact) mass is 495 g/mol. The van der Waals surface area contributed by atoms with Gasteiger partial charge in [-0.25, -0.2) is 9.67 Å². The Hall–Kier alpha value is -3.44. The summed E-state index contributed by atoms with van der Waals surface area (Å²) in [6.07, 6.45) is 2.25. The van der Waals surface area contributed by atoms with Crippen molar-refractivity contribution in [2.24, 2.45) is 0 Å². The molecule has 174 valence electrons. The van der Waals surface area contributed by atoms with Gasteiger partial charge in [0, 0.05) is 19.6 Å². The summed E-state index contributed by atoms with van der Waals surface area (Å²) in [5.41, 5.74) is 1.59. The molecule has 1 saturated heterocycles. The van der Waals surface area contributed by atoms with Gasteiger partial charge in [0.2, 0.25) is 12.7 Å². The average Bonchev–Trinajstić information content (AvgIpc) is 3.65. The van der Waals surface area contributed by atoms with E-state index in [9.17, 15) is 9.59 Å². The number of anilines is 1. The fraction of sp³-hybridized carbons (Fsp3) is 0.304. The maximum absolute atomic E-state index is 13.2. The number of aromatic nitrogens is 3. The fourth-order valence-corrected chi connectivity index (χ4v) is 6.01. The van der Waals surface area contributed by atoms with Gasteiger partial charge >= 0.3 is 0 Å². The molecule has 2 aliphatic rings. The number of carbonyl (C=O) groups is 1. The lowest BCUT2D eigenvalue weighted by Crippen LogP contribution is -2.33. The molecule has 2 aliphatic heterocycles. The molecule has 4 aromatic rings. The number of fused-ring (bicyclic) bond motifs is 2. The standard InChI is InChI=1S/C23H21N5O4S2/c29-18(24-11-14-5-6-15-16(10-14)32-13-31-15)12-28-22(30)20-21(19(26-28)17-4-3-9-33-17)34-23(25-20)27-7-1-2-8-27/h3-6,9-10H,1-2,7-8,11-13H2,(H,24,29). The van der Waals surface area contributed by atoms with E-state index in [1.54, 1.807) is 11.3 Å². The van der Waals surface area contributed by atoms with Crippen LogP contribution in [0.5, 0.6) is 11.5 Å². The third kappa shape index (κ3) is 3.90. The van der Waals surface area contributed by atoms with E-state index >= 15 is 0 Å². The lowest BCUT2D eigenvalue weighted by atomic mass is 10.2. The Bertz CT molecular complexity index is 1420. The molecule has 1 aromatic carbocycles. The zero-order valence-electron chi connectivity index (χ0n) is 18.2. The molecule has 0 spiro atoms. The van der Waals surface area contributed by atoms with Gasteiger partial charge in [0.25, 0.3) is 5.56 Å². The molecule has 3 aromatic heterocycles. The van der Waals surface area contributed by atoms with Crippen molar-refractivity contribution in [1.29, 1.82) is 0 Å². The van der Waals surface area contributed by atoms with Crippen LogP contribution in [-0.2, 0) is 17.9 Å². The summed E-state index contributed by atoms with van der Waals surface area (Å²) in [6.45, 7) is 2.20. The number of carbonyl (C=O) groups excluding carboxylic acids is 1. The highest BCUT2D eigenvalue weighted by molar-refractivity contribution is 7.23. The number of thiophene rings is 1. The summed E-state index contributed by atoms with van der Waals surface area (Å²) in [4.78, 5) is 33.8. The molecule has 5 heterocycles. The van der Waals surface area contributed by atoms with Crippen LogP contribution < -0.4 is 25.2 Å². The van der Waals surface area contributed by atoms with Crippen molar-refractivity contribution in [1.82, 2.24) is 20.1 Å². The first-order valence-electron chi connectivity index (χ1n) is 11.0. The SMILES string of the molecule is O=C(Cn1nc(-c2cccs2)c2sc(N3CCCC3)nc2c1=O)NCc1ccc2c(c1)OCO2. The Kier molecular flexibility index (Phi) is 5.42. The minimum absolute atomic E-state index is 0.186. The van der Waals surface area contributed by atoms with Crippen LogP contribution in [0.15, 0.2) is 40.5 Å². The maximum Gasteiger partial charge on any atom is 0.294 e. The predicted molar refractivity (Wildman–Crippen MR) is 131 cm³/mol. The first kappa shape index (κ1) is 21.1. The fourth-order valence-electron chi connectivity index (χ4n) is 4.12. The first-order valence-corrected chi connectivity index (χ1v) is 12.7. The summed E-state index contributed by atoms with van der Waals surface area (Å²) >= 11 is 3.05. The molecule has 0 radical (unpaired) electrons. The Morgan fingerprint density at radius 2 is 2.00 bits per heavy atom. The summed E-state index contributed by atoms with van der Waals surface area (Å²) in [6, 6.07) is 9.44. The number of thiazole rings is 1. The van der Waals surface area contributed by atoms with E-state index in [1.165, 1.54) is 16.0 Å². The number of nitrogens with zero attached hydrogens (tertiary/aromatic N) is 4. The van der Waals surface area contributed by atoms with E-state index in [4.69, 9.17) is 9.47 Å². The number of benzene rings is 1. The molecule has 0 atom stereocenters. The Balaban J connectivity index is 1.28. The summed E-state index contributed by atoms with van der Waals surface area (Å²) in [5.74, 6) is 1.04. The van der Waals surface area contributed by atoms with E-state index in [0.717, 1.165) is 46.2 Å². The number of amides is 1. The van der Waals surface area contributed by atoms with Crippen LogP contribution >= 0.6 is 22.7 Å². The molecule has 9 nitrogen and oxygen atoms in total. The van der Waals surface area contributed by atoms with Gasteiger partial charge in [0.15, 0.2) is 22.1 Å². The number of nitrogens with one attached hydrogen (secondary N) is 1. The van der Waals surface area contributed by atoms with Crippen LogP contribution in [-0.4, -0.2) is 40.6 Å². The van der Waals surface area contributed by atoms with Gasteiger partial charge in [-0.15, -0.1) is 11.3 Å². The topological polar surface area (TPSA) is 98.6 Å². The maximum atomic E-state index is 13.2. The minimum Gasteiger partial charge on any atom is -0.454 e. The average molecular weight is 496 g/mol. The molecule has 1 N–H and O–H groups in total. The van der Waals surface area contributed by atoms with E-state index in [2.05, 4.69) is 20.3 Å². The number of rotatable bonds is 6. The second kappa shape index (κ2) is 8.73. The second-order valence-electron chi connectivity index (χ2n) is 8.12. The van der Waals surface area contributed by atoms with Gasteiger partial charge in [-0.1, -0.05) is 23.5 Å². The smallest absolute Gasteiger partial charge is 0.294 e. The summed E-state index contributed by atoms with van der Waals surface area (Å²) < 4.78 is 12.7. The van der Waals surface area contributed by atoms with Crippen molar-refractivity contribution in [3.63, 3.8) is 0 Å². The van der Waals surface area contributed by atoms with Crippen LogP contribution in [0.4, 0.5) is 5.13 Å². The summed E-state index contributed by atoms with van der Waals surface area (Å²) in [5, 5.41) is 10.3. The van der Waals surface area contributed by atoms with Gasteiger partial charge in [0.1, 0.15) is 12.2 Å². The van der Waals surface area contributed by atoms with Gasteiger partial charge in [0.05, 0.1) is 9.58 Å². The zero-order valence-corrected chi connectivity index (χ0v) is 19.8. The van der Waals surface area contributed by atoms with Crippen molar-refractivity contribution in [2.75, 3.05) is 24.8 Å². The number of hydrogen-bond acceptors (Lipinski definition) is 9. The highest BCUT2D eigenvalue weighted by Gasteiger charge is 2.23. The Morgan fingerprint density at radius 3 is 2.82 bits per heavy atom. The van der Waals surface area contributed by atoms with Gasteiger partial charge in [-0.2, -0.15) is 5.10 Å². The third-order valence-corrected chi connectivity index (χ3v) is 7.84. The second-order valence-corrected chi connectivity index (χ2v) is 10.0. The van der Waals surface area contributed by atoms with E-state index < -0.39 is 0 Å². The largest absolute Gasteiger partial charge is 0.454 e. The molecular formula is C23H21N5O4S2. The van der Waals surface area contributed by atoms with Crippen LogP contribution in [0.3, 0.4) is 0 Å². The van der Waals surface area contributed by atoms with Gasteiger partial charge in [-0.05, 0) is 42.0 Å². The third-order valence-electron chi connectivity index (χ3n) is 5.84. The Labute approximate surface area is 202 Å². The lowest BCUT2D eigenvalue weighted by Gasteiger charge is -2.11. The van der Waals surface area contributed by atoms with Crippen molar-refractivity contribution in [2.45, 2.75) is 25.9 Å². The molecule has 0 saturated carbocycles. The molecule has 34 heavy (non-hydrogen) atoms. The normalized spacial score (nSPS) is 14.8. The summed E-state index contributed by atoms with van der Waals surface area (Å²) in [7, 11) is 0. The predicted octanol–water partition coefficient (Wildman–Crippen LogP) is 3.23. The zero-order chi connectivity index (χ0) is 23.1. The van der Waals surface area contributed by atoms with E-state index in [0.29, 0.717) is 29.3 Å². The van der Waals surface area contributed by atoms with E-state index in [1.807, 2.05) is 35.7 Å². The van der Waals surface area contributed by atoms with Gasteiger partial charge < -0.3 is 19.7 Å². The molecule has 0 bridgehead atoms. The van der Waals surface area contributed by atoms with Crippen LogP contribution in [0, 0.1) is 0 Å². The van der Waals surface area contributed by atoms with Crippen LogP contribution in [0.25, 0.3) is 20.8 Å². The van der Waals surface area contributed by atoms with Crippen molar-refractivity contribution in [3.8, 4) is 22.1 Å². The highest BCUT2D eigenvalue weighted by atomic mass is 32.1. The molecule has 1 amide bonds. The van der Waals surface area contributed by atoms with Crippen molar-refractivity contribution in [3.05, 3.63) is 51.6 Å². The molecule has 11 heteroatoms. The molecule has 6 rings (SSSR count). The van der Waals surface area contributed by atoms with Crippen molar-refractivity contribution < 1.29 is 14.3 Å². The van der Waals surface area contributed by atoms with Crippen LogP contribution in [0.2, 0.25) is 0 Å². The molecular weight excluding hydrogens is 474 g/mol. The first-order chi connectivity index (χ1) is 16.7. The molecule has 1 fully saturated rings.